The number of esters is 1. The summed E-state index contributed by atoms with van der Waals surface area (Å²) in [7, 11) is 1.38. The molecule has 0 fully saturated rings. The standard InChI is InChI=1S/C17H21NO4S/c1-21-17(20)13-7-3-5-11(13)9-14(19)18-8-4-6-12-10-15(23-2)22-16(12)18/h7,10-11H,3-6,8-9H2,1-2H3. The summed E-state index contributed by atoms with van der Waals surface area (Å²) >= 11 is 1.54. The molecule has 1 unspecified atom stereocenters. The van der Waals surface area contributed by atoms with Gasteiger partial charge in [0.15, 0.2) is 5.09 Å². The highest BCUT2D eigenvalue weighted by atomic mass is 32.2. The third-order valence-corrected chi connectivity index (χ3v) is 5.10. The van der Waals surface area contributed by atoms with Gasteiger partial charge in [0.2, 0.25) is 11.8 Å². The van der Waals surface area contributed by atoms with Gasteiger partial charge in [-0.3, -0.25) is 9.69 Å². The van der Waals surface area contributed by atoms with Crippen molar-refractivity contribution in [3.05, 3.63) is 23.3 Å². The van der Waals surface area contributed by atoms with Gasteiger partial charge in [-0.15, -0.1) is 0 Å². The summed E-state index contributed by atoms with van der Waals surface area (Å²) in [4.78, 5) is 26.3. The summed E-state index contributed by atoms with van der Waals surface area (Å²) < 4.78 is 10.6. The van der Waals surface area contributed by atoms with E-state index >= 15 is 0 Å². The van der Waals surface area contributed by atoms with Gasteiger partial charge >= 0.3 is 5.97 Å². The maximum absolute atomic E-state index is 12.8. The maximum atomic E-state index is 12.8. The molecule has 3 rings (SSSR count). The van der Waals surface area contributed by atoms with Crippen molar-refractivity contribution in [2.75, 3.05) is 24.8 Å². The second-order valence-electron chi connectivity index (χ2n) is 5.88. The average molecular weight is 335 g/mol. The number of fused-ring (bicyclic) bond motifs is 1. The lowest BCUT2D eigenvalue weighted by molar-refractivity contribution is -0.136. The monoisotopic (exact) mass is 335 g/mol. The zero-order chi connectivity index (χ0) is 16.4. The molecule has 0 saturated heterocycles. The Morgan fingerprint density at radius 3 is 3.04 bits per heavy atom. The molecule has 0 bridgehead atoms. The number of rotatable bonds is 4. The van der Waals surface area contributed by atoms with Gasteiger partial charge < -0.3 is 9.15 Å². The van der Waals surface area contributed by atoms with Crippen molar-refractivity contribution < 1.29 is 18.7 Å². The van der Waals surface area contributed by atoms with E-state index in [1.807, 2.05) is 18.4 Å². The van der Waals surface area contributed by atoms with E-state index in [0.717, 1.165) is 36.3 Å². The molecule has 2 aliphatic rings. The van der Waals surface area contributed by atoms with E-state index in [-0.39, 0.29) is 17.8 Å². The number of ether oxygens (including phenoxy) is 1. The quantitative estimate of drug-likeness (QED) is 0.625. The number of carbonyl (C=O) groups excluding carboxylic acids is 2. The minimum absolute atomic E-state index is 0.0228. The molecule has 1 amide bonds. The second-order valence-corrected chi connectivity index (χ2v) is 6.69. The van der Waals surface area contributed by atoms with Gasteiger partial charge in [-0.05, 0) is 43.9 Å². The third kappa shape index (κ3) is 3.17. The van der Waals surface area contributed by atoms with E-state index < -0.39 is 0 Å². The highest BCUT2D eigenvalue weighted by molar-refractivity contribution is 7.98. The Labute approximate surface area is 140 Å². The van der Waals surface area contributed by atoms with Crippen LogP contribution < -0.4 is 4.90 Å². The van der Waals surface area contributed by atoms with E-state index in [1.54, 1.807) is 16.7 Å². The number of thioether (sulfide) groups is 1. The molecule has 0 aromatic carbocycles. The molecule has 1 aromatic rings. The first-order valence-electron chi connectivity index (χ1n) is 7.89. The summed E-state index contributed by atoms with van der Waals surface area (Å²) in [6.45, 7) is 0.678. The number of nitrogens with zero attached hydrogens (tertiary/aromatic N) is 1. The molecule has 0 spiro atoms. The van der Waals surface area contributed by atoms with Gasteiger partial charge in [0.25, 0.3) is 0 Å². The van der Waals surface area contributed by atoms with Crippen molar-refractivity contribution in [2.24, 2.45) is 5.92 Å². The predicted molar refractivity (Wildman–Crippen MR) is 88.6 cm³/mol. The molecule has 0 saturated carbocycles. The Kier molecular flexibility index (Phi) is 4.80. The molecule has 1 aliphatic carbocycles. The number of methoxy groups -OCH3 is 1. The average Bonchev–Trinajstić information content (AvgIpc) is 3.19. The van der Waals surface area contributed by atoms with Gasteiger partial charge in [0.1, 0.15) is 0 Å². The van der Waals surface area contributed by atoms with Crippen LogP contribution in [0.25, 0.3) is 0 Å². The fraction of sp³-hybridized carbons (Fsp3) is 0.529. The fourth-order valence-electron chi connectivity index (χ4n) is 3.33. The van der Waals surface area contributed by atoms with Crippen LogP contribution in [0.3, 0.4) is 0 Å². The number of amides is 1. The first-order valence-corrected chi connectivity index (χ1v) is 9.12. The van der Waals surface area contributed by atoms with Crippen molar-refractivity contribution in [1.29, 1.82) is 0 Å². The molecule has 1 aliphatic heterocycles. The van der Waals surface area contributed by atoms with E-state index in [2.05, 4.69) is 0 Å². The van der Waals surface area contributed by atoms with Gasteiger partial charge in [0, 0.05) is 24.1 Å². The van der Waals surface area contributed by atoms with Crippen molar-refractivity contribution in [3.8, 4) is 0 Å². The van der Waals surface area contributed by atoms with Gasteiger partial charge in [-0.2, -0.15) is 0 Å². The lowest BCUT2D eigenvalue weighted by atomic mass is 9.96. The van der Waals surface area contributed by atoms with Crippen LogP contribution in [0.4, 0.5) is 5.88 Å². The van der Waals surface area contributed by atoms with E-state index in [9.17, 15) is 9.59 Å². The summed E-state index contributed by atoms with van der Waals surface area (Å²) in [6.07, 6.45) is 7.72. The van der Waals surface area contributed by atoms with Crippen LogP contribution in [0.15, 0.2) is 27.2 Å². The maximum Gasteiger partial charge on any atom is 0.333 e. The highest BCUT2D eigenvalue weighted by Gasteiger charge is 2.32. The van der Waals surface area contributed by atoms with Crippen molar-refractivity contribution in [3.63, 3.8) is 0 Å². The van der Waals surface area contributed by atoms with Crippen LogP contribution in [-0.2, 0) is 20.7 Å². The lowest BCUT2D eigenvalue weighted by Crippen LogP contribution is -2.36. The van der Waals surface area contributed by atoms with Crippen molar-refractivity contribution in [1.82, 2.24) is 0 Å². The van der Waals surface area contributed by atoms with Crippen LogP contribution >= 0.6 is 11.8 Å². The summed E-state index contributed by atoms with van der Waals surface area (Å²) in [5, 5.41) is 0.839. The Morgan fingerprint density at radius 1 is 1.48 bits per heavy atom. The largest absolute Gasteiger partial charge is 0.466 e. The molecule has 1 aromatic heterocycles. The topological polar surface area (TPSA) is 59.8 Å². The van der Waals surface area contributed by atoms with Gasteiger partial charge in [0.05, 0.1) is 7.11 Å². The molecule has 5 nitrogen and oxygen atoms in total. The smallest absolute Gasteiger partial charge is 0.333 e. The zero-order valence-corrected chi connectivity index (χ0v) is 14.3. The number of furan rings is 1. The molecule has 23 heavy (non-hydrogen) atoms. The Balaban J connectivity index is 1.74. The molecule has 124 valence electrons. The number of hydrogen-bond donors (Lipinski definition) is 0. The van der Waals surface area contributed by atoms with Crippen LogP contribution in [0.2, 0.25) is 0 Å². The van der Waals surface area contributed by atoms with Gasteiger partial charge in [-0.25, -0.2) is 4.79 Å². The Morgan fingerprint density at radius 2 is 2.30 bits per heavy atom. The normalized spacial score (nSPS) is 20.2. The summed E-state index contributed by atoms with van der Waals surface area (Å²) in [6, 6.07) is 2.02. The van der Waals surface area contributed by atoms with E-state index in [4.69, 9.17) is 9.15 Å². The molecule has 0 radical (unpaired) electrons. The van der Waals surface area contributed by atoms with Crippen LogP contribution in [-0.4, -0.2) is 31.8 Å². The minimum atomic E-state index is -0.317. The first kappa shape index (κ1) is 16.2. The molecule has 2 heterocycles. The molecule has 6 heteroatoms. The number of anilines is 1. The van der Waals surface area contributed by atoms with Gasteiger partial charge in [-0.1, -0.05) is 17.8 Å². The number of allylic oxidation sites excluding steroid dienone is 1. The van der Waals surface area contributed by atoms with E-state index in [0.29, 0.717) is 24.4 Å². The first-order chi connectivity index (χ1) is 11.1. The molecule has 0 N–H and O–H groups in total. The van der Waals surface area contributed by atoms with Crippen LogP contribution in [0, 0.1) is 5.92 Å². The molecule has 1 atom stereocenters. The zero-order valence-electron chi connectivity index (χ0n) is 13.5. The number of carbonyl (C=O) groups is 2. The number of hydrogen-bond acceptors (Lipinski definition) is 5. The summed E-state index contributed by atoms with van der Waals surface area (Å²) in [5.41, 5.74) is 1.74. The predicted octanol–water partition coefficient (Wildman–Crippen LogP) is 3.18. The fourth-order valence-corrected chi connectivity index (χ4v) is 3.75. The van der Waals surface area contributed by atoms with Crippen LogP contribution in [0.5, 0.6) is 0 Å². The minimum Gasteiger partial charge on any atom is -0.466 e. The summed E-state index contributed by atoms with van der Waals surface area (Å²) in [5.74, 6) is 0.347. The lowest BCUT2D eigenvalue weighted by Gasteiger charge is -2.26. The van der Waals surface area contributed by atoms with E-state index in [1.165, 1.54) is 7.11 Å². The Bertz CT molecular complexity index is 649. The number of aryl methyl sites for hydroxylation is 1. The van der Waals surface area contributed by atoms with Crippen LogP contribution in [0.1, 0.15) is 31.2 Å². The third-order valence-electron chi connectivity index (χ3n) is 4.50. The Hall–Kier alpha value is -1.69. The van der Waals surface area contributed by atoms with Crippen molar-refractivity contribution in [2.45, 2.75) is 37.2 Å². The molecular weight excluding hydrogens is 314 g/mol. The van der Waals surface area contributed by atoms with Crippen molar-refractivity contribution >= 4 is 29.5 Å². The highest BCUT2D eigenvalue weighted by Crippen LogP contribution is 2.36. The SMILES string of the molecule is COC(=O)C1=CCCC1CC(=O)N1CCCc2cc(SC)oc21. The molecular formula is C17H21NO4S. The second kappa shape index (κ2) is 6.83.